The van der Waals surface area contributed by atoms with E-state index in [-0.39, 0.29) is 5.56 Å². The van der Waals surface area contributed by atoms with Crippen LogP contribution in [0.1, 0.15) is 24.0 Å². The number of benzene rings is 1. The van der Waals surface area contributed by atoms with Crippen molar-refractivity contribution < 1.29 is 30.0 Å². The Morgan fingerprint density at radius 3 is 2.48 bits per heavy atom. The van der Waals surface area contributed by atoms with Gasteiger partial charge in [-0.1, -0.05) is 18.2 Å². The predicted molar refractivity (Wildman–Crippen MR) is 98.7 cm³/mol. The lowest BCUT2D eigenvalue weighted by molar-refractivity contribution is -0.137. The molecule has 14 heteroatoms. The number of alkyl halides is 3. The van der Waals surface area contributed by atoms with E-state index in [0.717, 1.165) is 22.8 Å². The molecular formula is C15H20F3N5O4S2. The average Bonchev–Trinajstić information content (AvgIpc) is 3.37. The number of nitrogens with one attached hydrogen (secondary N) is 2. The summed E-state index contributed by atoms with van der Waals surface area (Å²) in [6, 6.07) is 4.27. The highest BCUT2D eigenvalue weighted by molar-refractivity contribution is 7.91. The number of hydrogen-bond donors (Lipinski definition) is 2. The highest BCUT2D eigenvalue weighted by Gasteiger charge is 2.59. The Balaban J connectivity index is 1.82. The van der Waals surface area contributed by atoms with E-state index < -0.39 is 49.4 Å². The number of rotatable bonds is 7. The summed E-state index contributed by atoms with van der Waals surface area (Å²) in [7, 11) is -5.74. The lowest BCUT2D eigenvalue weighted by atomic mass is 10.1. The first-order chi connectivity index (χ1) is 13.3. The van der Waals surface area contributed by atoms with Crippen LogP contribution in [-0.2, 0) is 33.0 Å². The first-order valence-electron chi connectivity index (χ1n) is 8.50. The maximum absolute atomic E-state index is 13.0. The molecule has 1 aromatic rings. The molecule has 0 saturated heterocycles. The highest BCUT2D eigenvalue weighted by atomic mass is 32.2. The summed E-state index contributed by atoms with van der Waals surface area (Å²) in [6.45, 7) is -0.404. The highest BCUT2D eigenvalue weighted by Crippen LogP contribution is 2.45. The maximum Gasteiger partial charge on any atom is 0.416 e. The van der Waals surface area contributed by atoms with Gasteiger partial charge in [0.25, 0.3) is 10.0 Å². The van der Waals surface area contributed by atoms with E-state index in [1.54, 1.807) is 0 Å². The number of nitrogens with zero attached hydrogens (tertiary/aromatic N) is 3. The van der Waals surface area contributed by atoms with Crippen molar-refractivity contribution >= 4 is 26.6 Å². The molecule has 1 fully saturated rings. The molecule has 1 aliphatic heterocycles. The predicted octanol–water partition coefficient (Wildman–Crippen LogP) is 0.844. The molecule has 0 amide bonds. The van der Waals surface area contributed by atoms with Crippen LogP contribution in [-0.4, -0.2) is 51.0 Å². The summed E-state index contributed by atoms with van der Waals surface area (Å²) in [6.07, 6.45) is -2.66. The van der Waals surface area contributed by atoms with E-state index in [4.69, 9.17) is 0 Å². The first kappa shape index (κ1) is 22.0. The third-order valence-electron chi connectivity index (χ3n) is 4.60. The second-order valence-corrected chi connectivity index (χ2v) is 10.9. The second kappa shape index (κ2) is 7.19. The minimum Gasteiger partial charge on any atom is -0.232 e. The van der Waals surface area contributed by atoms with Crippen LogP contribution in [0.3, 0.4) is 0 Å². The van der Waals surface area contributed by atoms with Crippen molar-refractivity contribution in [3.05, 3.63) is 35.4 Å². The molecule has 0 radical (unpaired) electrons. The minimum absolute atomic E-state index is 0.106. The number of aliphatic imine (C=N–C) groups is 1. The standard InChI is InChI=1S/C15H20F3N5O4S2/c1-22(2)29(26,27)23-10-19-15(21-23,12-6-7-12)28(24,25)20-9-11-4-3-5-13(8-11)14(16,17)18/h3-5,8,10,12,20-21H,6-7,9H2,1-2H3. The number of halogens is 3. The largest absolute Gasteiger partial charge is 0.416 e. The normalized spacial score (nSPS) is 23.2. The fourth-order valence-electron chi connectivity index (χ4n) is 2.81. The summed E-state index contributed by atoms with van der Waals surface area (Å²) in [5.41, 5.74) is 1.66. The van der Waals surface area contributed by atoms with E-state index >= 15 is 0 Å². The molecule has 1 aromatic carbocycles. The van der Waals surface area contributed by atoms with E-state index in [2.05, 4.69) is 15.1 Å². The van der Waals surface area contributed by atoms with Crippen molar-refractivity contribution in [2.24, 2.45) is 10.9 Å². The van der Waals surface area contributed by atoms with Gasteiger partial charge in [0.15, 0.2) is 0 Å². The summed E-state index contributed by atoms with van der Waals surface area (Å²) < 4.78 is 92.8. The molecule has 1 atom stereocenters. The van der Waals surface area contributed by atoms with Crippen molar-refractivity contribution in [2.45, 2.75) is 30.6 Å². The molecule has 0 aromatic heterocycles. The smallest absolute Gasteiger partial charge is 0.232 e. The van der Waals surface area contributed by atoms with Crippen molar-refractivity contribution in [1.29, 1.82) is 0 Å². The van der Waals surface area contributed by atoms with Crippen molar-refractivity contribution in [2.75, 3.05) is 14.1 Å². The topological polar surface area (TPSA) is 111 Å². The number of hydrogen-bond acceptors (Lipinski definition) is 6. The Kier molecular flexibility index (Phi) is 5.45. The van der Waals surface area contributed by atoms with Crippen molar-refractivity contribution in [3.8, 4) is 0 Å². The van der Waals surface area contributed by atoms with Crippen LogP contribution in [0.5, 0.6) is 0 Å². The fourth-order valence-corrected chi connectivity index (χ4v) is 5.30. The van der Waals surface area contributed by atoms with Gasteiger partial charge >= 0.3 is 16.4 Å². The van der Waals surface area contributed by atoms with Gasteiger partial charge in [-0.15, -0.1) is 0 Å². The summed E-state index contributed by atoms with van der Waals surface area (Å²) in [5.74, 6) is -0.472. The van der Waals surface area contributed by atoms with Gasteiger partial charge in [-0.05, 0) is 24.5 Å². The summed E-state index contributed by atoms with van der Waals surface area (Å²) >= 11 is 0. The summed E-state index contributed by atoms with van der Waals surface area (Å²) in [4.78, 5) is 2.01. The molecule has 1 saturated carbocycles. The molecular weight excluding hydrogens is 435 g/mol. The quantitative estimate of drug-likeness (QED) is 0.633. The van der Waals surface area contributed by atoms with Crippen LogP contribution in [0.25, 0.3) is 0 Å². The van der Waals surface area contributed by atoms with Crippen LogP contribution in [0, 0.1) is 5.92 Å². The third-order valence-corrected chi connectivity index (χ3v) is 8.08. The van der Waals surface area contributed by atoms with Crippen LogP contribution in [0.15, 0.2) is 29.3 Å². The van der Waals surface area contributed by atoms with Crippen molar-refractivity contribution in [1.82, 2.24) is 18.9 Å². The summed E-state index contributed by atoms with van der Waals surface area (Å²) in [5, 5.41) is 0. The van der Waals surface area contributed by atoms with Gasteiger partial charge in [-0.3, -0.25) is 0 Å². The molecule has 2 N–H and O–H groups in total. The van der Waals surface area contributed by atoms with Crippen molar-refractivity contribution in [3.63, 3.8) is 0 Å². The van der Waals surface area contributed by atoms with Gasteiger partial charge in [0.2, 0.25) is 4.99 Å². The SMILES string of the molecule is CN(C)S(=O)(=O)N1C=NC(C2CC2)(S(=O)(=O)NCc2cccc(C(F)(F)F)c2)N1. The molecule has 3 rings (SSSR count). The fraction of sp³-hybridized carbons (Fsp3) is 0.533. The van der Waals surface area contributed by atoms with Gasteiger partial charge in [0.05, 0.1) is 5.56 Å². The lowest BCUT2D eigenvalue weighted by Gasteiger charge is -2.29. The monoisotopic (exact) mass is 455 g/mol. The van der Waals surface area contributed by atoms with Crippen LogP contribution in [0.4, 0.5) is 13.2 Å². The van der Waals surface area contributed by atoms with Crippen LogP contribution >= 0.6 is 0 Å². The van der Waals surface area contributed by atoms with E-state index in [0.29, 0.717) is 17.3 Å². The van der Waals surface area contributed by atoms with E-state index in [1.807, 2.05) is 0 Å². The Bertz CT molecular complexity index is 1020. The second-order valence-electron chi connectivity index (χ2n) is 6.94. The molecule has 1 heterocycles. The van der Waals surface area contributed by atoms with Gasteiger partial charge in [-0.25, -0.2) is 18.1 Å². The van der Waals surface area contributed by atoms with Crippen LogP contribution in [0.2, 0.25) is 0 Å². The average molecular weight is 455 g/mol. The molecule has 162 valence electrons. The zero-order valence-electron chi connectivity index (χ0n) is 15.5. The van der Waals surface area contributed by atoms with Gasteiger partial charge < -0.3 is 0 Å². The minimum atomic E-state index is -4.55. The molecule has 2 aliphatic rings. The van der Waals surface area contributed by atoms with E-state index in [9.17, 15) is 30.0 Å². The Morgan fingerprint density at radius 1 is 1.28 bits per heavy atom. The zero-order valence-corrected chi connectivity index (χ0v) is 17.1. The first-order valence-corrected chi connectivity index (χ1v) is 11.4. The third kappa shape index (κ3) is 4.12. The molecule has 9 nitrogen and oxygen atoms in total. The molecule has 0 bridgehead atoms. The number of hydrazine groups is 1. The lowest BCUT2D eigenvalue weighted by Crippen LogP contribution is -2.59. The molecule has 1 aliphatic carbocycles. The van der Waals surface area contributed by atoms with Gasteiger partial charge in [0, 0.05) is 26.6 Å². The van der Waals surface area contributed by atoms with Crippen LogP contribution < -0.4 is 10.1 Å². The van der Waals surface area contributed by atoms with Gasteiger partial charge in [-0.2, -0.15) is 35.7 Å². The Morgan fingerprint density at radius 2 is 1.93 bits per heavy atom. The Labute approximate surface area is 166 Å². The Hall–Kier alpha value is -1.74. The van der Waals surface area contributed by atoms with Gasteiger partial charge in [0.1, 0.15) is 6.34 Å². The molecule has 1 unspecified atom stereocenters. The molecule has 0 spiro atoms. The number of sulfonamides is 1. The molecule has 29 heavy (non-hydrogen) atoms. The van der Waals surface area contributed by atoms with E-state index in [1.165, 1.54) is 26.2 Å². The maximum atomic E-state index is 13.0. The zero-order chi connectivity index (χ0) is 21.7.